The summed E-state index contributed by atoms with van der Waals surface area (Å²) in [5, 5.41) is 0. The highest BCUT2D eigenvalue weighted by Crippen LogP contribution is 2.32. The third-order valence-corrected chi connectivity index (χ3v) is 5.28. The maximum absolute atomic E-state index is 3.88. The molecule has 106 valence electrons. The van der Waals surface area contributed by atoms with Gasteiger partial charge in [0.05, 0.1) is 0 Å². The highest BCUT2D eigenvalue weighted by atomic mass is 79.9. The van der Waals surface area contributed by atoms with E-state index >= 15 is 0 Å². The second kappa shape index (κ2) is 8.09. The highest BCUT2D eigenvalue weighted by molar-refractivity contribution is 9.09. The first-order valence-electron chi connectivity index (χ1n) is 8.07. The van der Waals surface area contributed by atoms with Crippen molar-refractivity contribution in [3.8, 4) is 0 Å². The van der Waals surface area contributed by atoms with Crippen molar-refractivity contribution in [3.05, 3.63) is 34.9 Å². The van der Waals surface area contributed by atoms with Crippen LogP contribution in [0, 0.1) is 0 Å². The van der Waals surface area contributed by atoms with Gasteiger partial charge in [0, 0.05) is 4.83 Å². The van der Waals surface area contributed by atoms with Gasteiger partial charge >= 0.3 is 0 Å². The summed E-state index contributed by atoms with van der Waals surface area (Å²) in [6.45, 7) is 2.28. The fourth-order valence-electron chi connectivity index (χ4n) is 3.06. The molecule has 0 spiro atoms. The summed E-state index contributed by atoms with van der Waals surface area (Å²) in [6, 6.07) is 7.13. The minimum atomic E-state index is 0.560. The predicted octanol–water partition coefficient (Wildman–Crippen LogP) is 6.36. The Morgan fingerprint density at radius 2 is 1.74 bits per heavy atom. The van der Waals surface area contributed by atoms with Gasteiger partial charge in [0.1, 0.15) is 0 Å². The maximum Gasteiger partial charge on any atom is 0.0395 e. The number of hydrogen-bond donors (Lipinski definition) is 0. The molecule has 0 bridgehead atoms. The van der Waals surface area contributed by atoms with Crippen molar-refractivity contribution < 1.29 is 0 Å². The number of alkyl halides is 1. The van der Waals surface area contributed by atoms with Crippen molar-refractivity contribution in [2.24, 2.45) is 0 Å². The van der Waals surface area contributed by atoms with Gasteiger partial charge in [-0.3, -0.25) is 0 Å². The number of aryl methyl sites for hydroxylation is 2. The van der Waals surface area contributed by atoms with Gasteiger partial charge in [0.15, 0.2) is 0 Å². The van der Waals surface area contributed by atoms with E-state index in [9.17, 15) is 0 Å². The van der Waals surface area contributed by atoms with Crippen LogP contribution < -0.4 is 0 Å². The zero-order chi connectivity index (χ0) is 13.5. The predicted molar refractivity (Wildman–Crippen MR) is 88.1 cm³/mol. The van der Waals surface area contributed by atoms with Crippen molar-refractivity contribution in [1.82, 2.24) is 0 Å². The largest absolute Gasteiger partial charge is 0.0839 e. The second-order valence-electron chi connectivity index (χ2n) is 5.91. The van der Waals surface area contributed by atoms with E-state index < -0.39 is 0 Å². The van der Waals surface area contributed by atoms with E-state index in [1.807, 2.05) is 0 Å². The van der Waals surface area contributed by atoms with Gasteiger partial charge < -0.3 is 0 Å². The Bertz CT molecular complexity index is 383. The first-order chi connectivity index (χ1) is 9.31. The maximum atomic E-state index is 3.88. The molecule has 0 saturated carbocycles. The number of rotatable bonds is 8. The first kappa shape index (κ1) is 15.1. The van der Waals surface area contributed by atoms with Gasteiger partial charge in [-0.1, -0.05) is 79.6 Å². The fraction of sp³-hybridized carbons (Fsp3) is 0.667. The van der Waals surface area contributed by atoms with Crippen LogP contribution >= 0.6 is 15.9 Å². The first-order valence-corrected chi connectivity index (χ1v) is 8.98. The molecule has 0 heterocycles. The highest BCUT2D eigenvalue weighted by Gasteiger charge is 2.14. The molecule has 0 aliphatic heterocycles. The Morgan fingerprint density at radius 3 is 2.58 bits per heavy atom. The smallest absolute Gasteiger partial charge is 0.0395 e. The zero-order valence-corrected chi connectivity index (χ0v) is 13.8. The number of halogens is 1. The molecule has 19 heavy (non-hydrogen) atoms. The summed E-state index contributed by atoms with van der Waals surface area (Å²) >= 11 is 3.88. The van der Waals surface area contributed by atoms with E-state index in [2.05, 4.69) is 41.1 Å². The summed E-state index contributed by atoms with van der Waals surface area (Å²) in [5.41, 5.74) is 4.68. The third kappa shape index (κ3) is 4.63. The standard InChI is InChI=1S/C18H27Br/c1-2-3-4-5-6-7-11-18(19)17-13-12-15-9-8-10-16(15)14-17/h12-14,18H,2-11H2,1H3. The molecule has 1 atom stereocenters. The fourth-order valence-corrected chi connectivity index (χ4v) is 3.67. The van der Waals surface area contributed by atoms with Crippen LogP contribution in [0.15, 0.2) is 18.2 Å². The molecule has 0 nitrogen and oxygen atoms in total. The van der Waals surface area contributed by atoms with Crippen LogP contribution in [-0.2, 0) is 12.8 Å². The minimum absolute atomic E-state index is 0.560. The molecular formula is C18H27Br. The number of hydrogen-bond acceptors (Lipinski definition) is 0. The molecule has 0 aromatic heterocycles. The Labute approximate surface area is 127 Å². The van der Waals surface area contributed by atoms with Crippen LogP contribution in [0.4, 0.5) is 0 Å². The van der Waals surface area contributed by atoms with Crippen LogP contribution in [0.2, 0.25) is 0 Å². The van der Waals surface area contributed by atoms with Gasteiger partial charge in [-0.25, -0.2) is 0 Å². The van der Waals surface area contributed by atoms with Crippen LogP contribution in [0.5, 0.6) is 0 Å². The van der Waals surface area contributed by atoms with E-state index in [0.717, 1.165) is 0 Å². The van der Waals surface area contributed by atoms with E-state index in [0.29, 0.717) is 4.83 Å². The molecular weight excluding hydrogens is 296 g/mol. The lowest BCUT2D eigenvalue weighted by atomic mass is 10.0. The van der Waals surface area contributed by atoms with Crippen molar-refractivity contribution in [3.63, 3.8) is 0 Å². The number of fused-ring (bicyclic) bond motifs is 1. The topological polar surface area (TPSA) is 0 Å². The van der Waals surface area contributed by atoms with Crippen LogP contribution in [-0.4, -0.2) is 0 Å². The van der Waals surface area contributed by atoms with Crippen molar-refractivity contribution in [2.75, 3.05) is 0 Å². The van der Waals surface area contributed by atoms with Gasteiger partial charge in [-0.2, -0.15) is 0 Å². The van der Waals surface area contributed by atoms with Crippen LogP contribution in [0.1, 0.15) is 79.8 Å². The van der Waals surface area contributed by atoms with E-state index in [4.69, 9.17) is 0 Å². The second-order valence-corrected chi connectivity index (χ2v) is 7.01. The van der Waals surface area contributed by atoms with Crippen molar-refractivity contribution in [2.45, 2.75) is 76.0 Å². The lowest BCUT2D eigenvalue weighted by Crippen LogP contribution is -1.93. The molecule has 0 N–H and O–H groups in total. The summed E-state index contributed by atoms with van der Waals surface area (Å²) in [7, 11) is 0. The molecule has 2 rings (SSSR count). The Kier molecular flexibility index (Phi) is 6.43. The number of unbranched alkanes of at least 4 members (excludes halogenated alkanes) is 5. The van der Waals surface area contributed by atoms with Gasteiger partial charge in [-0.15, -0.1) is 0 Å². The quantitative estimate of drug-likeness (QED) is 0.385. The molecule has 0 radical (unpaired) electrons. The van der Waals surface area contributed by atoms with Crippen molar-refractivity contribution in [1.29, 1.82) is 0 Å². The summed E-state index contributed by atoms with van der Waals surface area (Å²) < 4.78 is 0. The van der Waals surface area contributed by atoms with Gasteiger partial charge in [0.2, 0.25) is 0 Å². The average Bonchev–Trinajstić information content (AvgIpc) is 2.89. The van der Waals surface area contributed by atoms with E-state index in [1.165, 1.54) is 69.8 Å². The Balaban J connectivity index is 1.72. The van der Waals surface area contributed by atoms with E-state index in [-0.39, 0.29) is 0 Å². The minimum Gasteiger partial charge on any atom is -0.0839 e. The molecule has 1 unspecified atom stereocenters. The molecule has 0 fully saturated rings. The lowest BCUT2D eigenvalue weighted by Gasteiger charge is -2.12. The monoisotopic (exact) mass is 322 g/mol. The van der Waals surface area contributed by atoms with Crippen molar-refractivity contribution >= 4 is 15.9 Å². The normalized spacial score (nSPS) is 15.5. The third-order valence-electron chi connectivity index (χ3n) is 4.30. The summed E-state index contributed by atoms with van der Waals surface area (Å²) in [5.74, 6) is 0. The average molecular weight is 323 g/mol. The van der Waals surface area contributed by atoms with Gasteiger partial charge in [0.25, 0.3) is 0 Å². The zero-order valence-electron chi connectivity index (χ0n) is 12.3. The SMILES string of the molecule is CCCCCCCCC(Br)c1ccc2c(c1)CCC2. The summed E-state index contributed by atoms with van der Waals surface area (Å²) in [6.07, 6.45) is 13.6. The Hall–Kier alpha value is -0.300. The molecule has 1 aromatic carbocycles. The Morgan fingerprint density at radius 1 is 1.00 bits per heavy atom. The van der Waals surface area contributed by atoms with E-state index in [1.54, 1.807) is 11.1 Å². The van der Waals surface area contributed by atoms with Crippen LogP contribution in [0.25, 0.3) is 0 Å². The number of benzene rings is 1. The lowest BCUT2D eigenvalue weighted by molar-refractivity contribution is 0.588. The molecule has 1 aliphatic carbocycles. The molecule has 1 heteroatoms. The van der Waals surface area contributed by atoms with Gasteiger partial charge in [-0.05, 0) is 42.4 Å². The molecule has 1 aliphatic rings. The summed E-state index contributed by atoms with van der Waals surface area (Å²) in [4.78, 5) is 0.560. The molecule has 1 aromatic rings. The molecule has 0 saturated heterocycles. The van der Waals surface area contributed by atoms with Crippen LogP contribution in [0.3, 0.4) is 0 Å². The molecule has 0 amide bonds.